The van der Waals surface area contributed by atoms with Crippen LogP contribution in [0.2, 0.25) is 0 Å². The number of nitrogens with zero attached hydrogens (tertiary/aromatic N) is 2. The van der Waals surface area contributed by atoms with E-state index in [4.69, 9.17) is 23.9 Å². The van der Waals surface area contributed by atoms with Gasteiger partial charge in [0.15, 0.2) is 0 Å². The van der Waals surface area contributed by atoms with Gasteiger partial charge in [0.25, 0.3) is 0 Å². The molecule has 7 heteroatoms. The Balaban J connectivity index is 1.75. The van der Waals surface area contributed by atoms with Crippen LogP contribution in [0.1, 0.15) is 31.7 Å². The van der Waals surface area contributed by atoms with Crippen molar-refractivity contribution in [1.29, 1.82) is 0 Å². The molecule has 3 aliphatic rings. The Bertz CT molecular complexity index is 911. The Morgan fingerprint density at radius 3 is 2.74 bits per heavy atom. The van der Waals surface area contributed by atoms with Crippen LogP contribution in [0.3, 0.4) is 0 Å². The second-order valence-electron chi connectivity index (χ2n) is 8.45. The fraction of sp³-hybridized carbons (Fsp3) is 0.583. The van der Waals surface area contributed by atoms with Gasteiger partial charge in [-0.15, -0.1) is 0 Å². The quantitative estimate of drug-likeness (QED) is 0.393. The molecular weight excluding hydrogens is 396 g/mol. The highest BCUT2D eigenvalue weighted by Crippen LogP contribution is 2.53. The summed E-state index contributed by atoms with van der Waals surface area (Å²) < 4.78 is 22.3. The topological polar surface area (TPSA) is 69.6 Å². The van der Waals surface area contributed by atoms with Crippen LogP contribution in [0.25, 0.3) is 0 Å². The predicted molar refractivity (Wildman–Crippen MR) is 118 cm³/mol. The largest absolute Gasteiger partial charge is 0.504 e. The standard InChI is InChI=1S/C24H32N2O5/c1-6-15-13-26-11-10-24(31-5)21-18(8-7-9-20(21)29-3)25-22(24)19(26)12-16(15)17(14-28-2)23(27)30-4/h7-9,14-16,19H,6,10-13H2,1-5H3/b17-14+/t15-,16+,19+,24+/m1/s1. The summed E-state index contributed by atoms with van der Waals surface area (Å²) >= 11 is 0. The van der Waals surface area contributed by atoms with Crippen molar-refractivity contribution in [2.24, 2.45) is 16.8 Å². The molecule has 4 atom stereocenters. The van der Waals surface area contributed by atoms with Gasteiger partial charge in [0, 0.05) is 20.2 Å². The van der Waals surface area contributed by atoms with Crippen molar-refractivity contribution in [2.75, 3.05) is 41.5 Å². The van der Waals surface area contributed by atoms with Crippen LogP contribution in [0, 0.1) is 11.8 Å². The molecule has 0 aliphatic carbocycles. The van der Waals surface area contributed by atoms with E-state index in [1.54, 1.807) is 27.6 Å². The zero-order valence-electron chi connectivity index (χ0n) is 19.0. The van der Waals surface area contributed by atoms with Crippen LogP contribution in [0.15, 0.2) is 35.0 Å². The number of ether oxygens (including phenoxy) is 4. The maximum Gasteiger partial charge on any atom is 0.337 e. The summed E-state index contributed by atoms with van der Waals surface area (Å²) in [6.45, 7) is 3.98. The van der Waals surface area contributed by atoms with E-state index in [0.29, 0.717) is 11.5 Å². The molecule has 1 aromatic carbocycles. The van der Waals surface area contributed by atoms with Crippen LogP contribution in [-0.2, 0) is 24.6 Å². The molecule has 3 aliphatic heterocycles. The molecule has 0 spiro atoms. The minimum atomic E-state index is -0.594. The van der Waals surface area contributed by atoms with Gasteiger partial charge < -0.3 is 18.9 Å². The van der Waals surface area contributed by atoms with Crippen molar-refractivity contribution in [2.45, 2.75) is 37.8 Å². The zero-order valence-corrected chi connectivity index (χ0v) is 19.0. The Morgan fingerprint density at radius 1 is 1.29 bits per heavy atom. The highest BCUT2D eigenvalue weighted by atomic mass is 16.5. The predicted octanol–water partition coefficient (Wildman–Crippen LogP) is 3.45. The van der Waals surface area contributed by atoms with Crippen LogP contribution >= 0.6 is 0 Å². The summed E-state index contributed by atoms with van der Waals surface area (Å²) in [7, 11) is 6.43. The Kier molecular flexibility index (Phi) is 6.08. The molecule has 0 saturated carbocycles. The van der Waals surface area contributed by atoms with Gasteiger partial charge >= 0.3 is 5.97 Å². The number of hydrogen-bond acceptors (Lipinski definition) is 7. The van der Waals surface area contributed by atoms with Crippen molar-refractivity contribution in [3.05, 3.63) is 35.6 Å². The summed E-state index contributed by atoms with van der Waals surface area (Å²) in [6, 6.07) is 6.03. The molecule has 31 heavy (non-hydrogen) atoms. The molecule has 0 N–H and O–H groups in total. The van der Waals surface area contributed by atoms with E-state index in [1.807, 2.05) is 18.2 Å². The number of carbonyl (C=O) groups excluding carboxylic acids is 1. The van der Waals surface area contributed by atoms with E-state index in [1.165, 1.54) is 7.11 Å². The second kappa shape index (κ2) is 8.63. The number of rotatable bonds is 6. The molecule has 0 amide bonds. The number of benzene rings is 1. The molecule has 3 heterocycles. The summed E-state index contributed by atoms with van der Waals surface area (Å²) in [4.78, 5) is 20.1. The third-order valence-corrected chi connectivity index (χ3v) is 7.24. The first-order valence-electron chi connectivity index (χ1n) is 10.9. The maximum atomic E-state index is 12.6. The van der Waals surface area contributed by atoms with E-state index in [-0.39, 0.29) is 17.9 Å². The van der Waals surface area contributed by atoms with Crippen LogP contribution in [-0.4, -0.2) is 64.2 Å². The van der Waals surface area contributed by atoms with Crippen molar-refractivity contribution in [3.63, 3.8) is 0 Å². The molecule has 168 valence electrons. The van der Waals surface area contributed by atoms with Gasteiger partial charge in [0.1, 0.15) is 11.4 Å². The minimum Gasteiger partial charge on any atom is -0.504 e. The number of methoxy groups -OCH3 is 4. The highest BCUT2D eigenvalue weighted by Gasteiger charge is 2.55. The third-order valence-electron chi connectivity index (χ3n) is 7.24. The Labute approximate surface area is 184 Å². The molecule has 0 bridgehead atoms. The lowest BCUT2D eigenvalue weighted by molar-refractivity contribution is -0.137. The number of esters is 1. The zero-order chi connectivity index (χ0) is 22.2. The highest BCUT2D eigenvalue weighted by molar-refractivity contribution is 6.05. The second-order valence-corrected chi connectivity index (χ2v) is 8.45. The number of aliphatic imine (C=N–C) groups is 1. The molecule has 0 aromatic heterocycles. The van der Waals surface area contributed by atoms with Crippen molar-refractivity contribution < 1.29 is 23.7 Å². The monoisotopic (exact) mass is 428 g/mol. The molecule has 0 radical (unpaired) electrons. The van der Waals surface area contributed by atoms with Crippen molar-refractivity contribution in [3.8, 4) is 5.75 Å². The summed E-state index contributed by atoms with van der Waals surface area (Å²) in [5.74, 6) is 0.844. The summed E-state index contributed by atoms with van der Waals surface area (Å²) in [5, 5.41) is 0. The normalized spacial score (nSPS) is 30.0. The Hall–Kier alpha value is -2.38. The molecule has 2 fully saturated rings. The molecule has 4 rings (SSSR count). The van der Waals surface area contributed by atoms with E-state index < -0.39 is 5.60 Å². The number of piperidine rings is 2. The lowest BCUT2D eigenvalue weighted by Gasteiger charge is -2.51. The Morgan fingerprint density at radius 2 is 2.10 bits per heavy atom. The first-order valence-corrected chi connectivity index (χ1v) is 10.9. The molecule has 1 aromatic rings. The van der Waals surface area contributed by atoms with Crippen LogP contribution < -0.4 is 4.74 Å². The van der Waals surface area contributed by atoms with Gasteiger partial charge in [0.05, 0.1) is 56.2 Å². The SMILES string of the molecule is CC[C@@H]1CN2CC[C@@]3(OC)C(=Nc4cccc(OC)c43)[C@@H]2C[C@@H]1/C(=C\OC)C(=O)OC. The summed E-state index contributed by atoms with van der Waals surface area (Å²) in [6.07, 6.45) is 4.12. The van der Waals surface area contributed by atoms with Gasteiger partial charge in [-0.1, -0.05) is 19.4 Å². The van der Waals surface area contributed by atoms with E-state index in [9.17, 15) is 4.79 Å². The third kappa shape index (κ3) is 3.34. The van der Waals surface area contributed by atoms with Crippen molar-refractivity contribution in [1.82, 2.24) is 4.90 Å². The van der Waals surface area contributed by atoms with Crippen LogP contribution in [0.5, 0.6) is 5.75 Å². The first kappa shape index (κ1) is 21.8. The van der Waals surface area contributed by atoms with Gasteiger partial charge in [-0.05, 0) is 36.8 Å². The molecular formula is C24H32N2O5. The van der Waals surface area contributed by atoms with Gasteiger partial charge in [-0.2, -0.15) is 0 Å². The lowest BCUT2D eigenvalue weighted by Crippen LogP contribution is -2.61. The van der Waals surface area contributed by atoms with E-state index in [2.05, 4.69) is 11.8 Å². The molecule has 7 nitrogen and oxygen atoms in total. The van der Waals surface area contributed by atoms with Crippen LogP contribution in [0.4, 0.5) is 5.69 Å². The first-order chi connectivity index (χ1) is 15.0. The number of fused-ring (bicyclic) bond motifs is 5. The average Bonchev–Trinajstić information content (AvgIpc) is 3.16. The van der Waals surface area contributed by atoms with E-state index >= 15 is 0 Å². The van der Waals surface area contributed by atoms with E-state index in [0.717, 1.165) is 55.1 Å². The van der Waals surface area contributed by atoms with Gasteiger partial charge in [-0.25, -0.2) is 4.79 Å². The van der Waals surface area contributed by atoms with Gasteiger partial charge in [-0.3, -0.25) is 9.89 Å². The smallest absolute Gasteiger partial charge is 0.337 e. The average molecular weight is 429 g/mol. The fourth-order valence-corrected chi connectivity index (χ4v) is 5.74. The number of hydrogen-bond donors (Lipinski definition) is 0. The maximum absolute atomic E-state index is 12.6. The summed E-state index contributed by atoms with van der Waals surface area (Å²) in [5.41, 5.74) is 2.95. The minimum absolute atomic E-state index is 0.0274. The van der Waals surface area contributed by atoms with Gasteiger partial charge in [0.2, 0.25) is 0 Å². The molecule has 0 unspecified atom stereocenters. The lowest BCUT2D eigenvalue weighted by atomic mass is 9.70. The van der Waals surface area contributed by atoms with Crippen molar-refractivity contribution >= 4 is 17.4 Å². The number of carbonyl (C=O) groups is 1. The molecule has 2 saturated heterocycles. The fourth-order valence-electron chi connectivity index (χ4n) is 5.74.